The van der Waals surface area contributed by atoms with Crippen LogP contribution >= 0.6 is 0 Å². The van der Waals surface area contributed by atoms with Crippen LogP contribution in [0.25, 0.3) is 0 Å². The lowest BCUT2D eigenvalue weighted by atomic mass is 10.1. The SMILES string of the molecule is O=C(c1cc(F)ccc1[N+](=O)[O-])N1CCNCC1. The summed E-state index contributed by atoms with van der Waals surface area (Å²) in [5.74, 6) is -1.15. The monoisotopic (exact) mass is 253 g/mol. The quantitative estimate of drug-likeness (QED) is 0.624. The number of nitrogens with zero attached hydrogens (tertiary/aromatic N) is 2. The topological polar surface area (TPSA) is 75.5 Å². The maximum atomic E-state index is 13.1. The van der Waals surface area contributed by atoms with Gasteiger partial charge in [-0.1, -0.05) is 0 Å². The summed E-state index contributed by atoms with van der Waals surface area (Å²) in [7, 11) is 0. The predicted octanol–water partition coefficient (Wildman–Crippen LogP) is 0.779. The molecule has 18 heavy (non-hydrogen) atoms. The van der Waals surface area contributed by atoms with Crippen molar-refractivity contribution in [1.82, 2.24) is 10.2 Å². The maximum Gasteiger partial charge on any atom is 0.282 e. The molecule has 1 saturated heterocycles. The van der Waals surface area contributed by atoms with Crippen LogP contribution < -0.4 is 5.32 Å². The molecule has 1 aromatic rings. The lowest BCUT2D eigenvalue weighted by Crippen LogP contribution is -2.46. The second kappa shape index (κ2) is 5.09. The summed E-state index contributed by atoms with van der Waals surface area (Å²) in [5, 5.41) is 13.9. The Morgan fingerprint density at radius 3 is 2.67 bits per heavy atom. The van der Waals surface area contributed by atoms with Crippen LogP contribution in [0.15, 0.2) is 18.2 Å². The largest absolute Gasteiger partial charge is 0.336 e. The Hall–Kier alpha value is -2.02. The molecule has 1 fully saturated rings. The van der Waals surface area contributed by atoms with E-state index in [0.29, 0.717) is 26.2 Å². The van der Waals surface area contributed by atoms with Gasteiger partial charge >= 0.3 is 0 Å². The minimum absolute atomic E-state index is 0.193. The van der Waals surface area contributed by atoms with Gasteiger partial charge in [-0.3, -0.25) is 14.9 Å². The van der Waals surface area contributed by atoms with E-state index < -0.39 is 16.6 Å². The minimum Gasteiger partial charge on any atom is -0.336 e. The molecular weight excluding hydrogens is 241 g/mol. The van der Waals surface area contributed by atoms with E-state index in [9.17, 15) is 19.3 Å². The van der Waals surface area contributed by atoms with Gasteiger partial charge in [-0.15, -0.1) is 0 Å². The smallest absolute Gasteiger partial charge is 0.282 e. The summed E-state index contributed by atoms with van der Waals surface area (Å²) in [6.45, 7) is 2.20. The van der Waals surface area contributed by atoms with Crippen molar-refractivity contribution in [2.45, 2.75) is 0 Å². The summed E-state index contributed by atoms with van der Waals surface area (Å²) in [6, 6.07) is 2.92. The zero-order chi connectivity index (χ0) is 13.1. The van der Waals surface area contributed by atoms with Crippen LogP contribution in [0.4, 0.5) is 10.1 Å². The molecule has 0 unspecified atom stereocenters. The Balaban J connectivity index is 2.33. The van der Waals surface area contributed by atoms with Gasteiger partial charge in [0.15, 0.2) is 0 Å². The number of hydrogen-bond acceptors (Lipinski definition) is 4. The highest BCUT2D eigenvalue weighted by Gasteiger charge is 2.26. The molecule has 1 aliphatic heterocycles. The number of halogens is 1. The number of carbonyl (C=O) groups excluding carboxylic acids is 1. The van der Waals surface area contributed by atoms with Gasteiger partial charge in [-0.25, -0.2) is 4.39 Å². The number of nitro benzene ring substituents is 1. The lowest BCUT2D eigenvalue weighted by molar-refractivity contribution is -0.385. The van der Waals surface area contributed by atoms with Gasteiger partial charge in [0.05, 0.1) is 4.92 Å². The molecule has 0 atom stereocenters. The molecule has 0 radical (unpaired) electrons. The van der Waals surface area contributed by atoms with Gasteiger partial charge in [0.1, 0.15) is 11.4 Å². The number of piperazine rings is 1. The third-order valence-corrected chi connectivity index (χ3v) is 2.79. The first-order valence-corrected chi connectivity index (χ1v) is 5.53. The van der Waals surface area contributed by atoms with Crippen molar-refractivity contribution in [3.63, 3.8) is 0 Å². The highest BCUT2D eigenvalue weighted by molar-refractivity contribution is 5.98. The first-order valence-electron chi connectivity index (χ1n) is 5.53. The predicted molar refractivity (Wildman–Crippen MR) is 61.8 cm³/mol. The molecule has 2 rings (SSSR count). The van der Waals surface area contributed by atoms with Crippen molar-refractivity contribution in [3.8, 4) is 0 Å². The van der Waals surface area contributed by atoms with E-state index in [4.69, 9.17) is 0 Å². The molecule has 1 N–H and O–H groups in total. The van der Waals surface area contributed by atoms with E-state index in [1.54, 1.807) is 0 Å². The Morgan fingerprint density at radius 2 is 2.06 bits per heavy atom. The normalized spacial score (nSPS) is 15.5. The molecule has 0 bridgehead atoms. The molecule has 7 heteroatoms. The fourth-order valence-electron chi connectivity index (χ4n) is 1.88. The van der Waals surface area contributed by atoms with Crippen molar-refractivity contribution >= 4 is 11.6 Å². The van der Waals surface area contributed by atoms with Gasteiger partial charge in [-0.05, 0) is 12.1 Å². The maximum absolute atomic E-state index is 13.1. The molecule has 0 aliphatic carbocycles. The van der Waals surface area contributed by atoms with E-state index in [0.717, 1.165) is 18.2 Å². The van der Waals surface area contributed by atoms with Crippen molar-refractivity contribution in [2.24, 2.45) is 0 Å². The van der Waals surface area contributed by atoms with E-state index in [1.165, 1.54) is 4.90 Å². The van der Waals surface area contributed by atoms with Gasteiger partial charge in [0, 0.05) is 32.2 Å². The second-order valence-corrected chi connectivity index (χ2v) is 3.96. The lowest BCUT2D eigenvalue weighted by Gasteiger charge is -2.27. The number of amides is 1. The van der Waals surface area contributed by atoms with E-state index in [1.807, 2.05) is 0 Å². The zero-order valence-electron chi connectivity index (χ0n) is 9.56. The summed E-state index contributed by atoms with van der Waals surface area (Å²) >= 11 is 0. The molecule has 6 nitrogen and oxygen atoms in total. The standard InChI is InChI=1S/C11H12FN3O3/c12-8-1-2-10(15(17)18)9(7-8)11(16)14-5-3-13-4-6-14/h1-2,7,13H,3-6H2. The van der Waals surface area contributed by atoms with Gasteiger partial charge < -0.3 is 10.2 Å². The summed E-state index contributed by atoms with van der Waals surface area (Å²) in [4.78, 5) is 23.7. The molecule has 1 amide bonds. The van der Waals surface area contributed by atoms with Crippen LogP contribution in [-0.4, -0.2) is 41.9 Å². The molecule has 1 heterocycles. The number of nitro groups is 1. The fourth-order valence-corrected chi connectivity index (χ4v) is 1.88. The third kappa shape index (κ3) is 2.45. The van der Waals surface area contributed by atoms with Crippen LogP contribution in [-0.2, 0) is 0 Å². The molecule has 96 valence electrons. The summed E-state index contributed by atoms with van der Waals surface area (Å²) in [6.07, 6.45) is 0. The second-order valence-electron chi connectivity index (χ2n) is 3.96. The Labute approximate surface area is 103 Å². The van der Waals surface area contributed by atoms with Gasteiger partial charge in [0.2, 0.25) is 0 Å². The number of carbonyl (C=O) groups is 1. The molecule has 0 saturated carbocycles. The number of rotatable bonds is 2. The highest BCUT2D eigenvalue weighted by atomic mass is 19.1. The van der Waals surface area contributed by atoms with Crippen LogP contribution in [0.2, 0.25) is 0 Å². The fraction of sp³-hybridized carbons (Fsp3) is 0.364. The molecule has 1 aliphatic rings. The van der Waals surface area contributed by atoms with Crippen LogP contribution in [0.3, 0.4) is 0 Å². The van der Waals surface area contributed by atoms with E-state index >= 15 is 0 Å². The van der Waals surface area contributed by atoms with Crippen molar-refractivity contribution < 1.29 is 14.1 Å². The van der Waals surface area contributed by atoms with E-state index in [-0.39, 0.29) is 11.3 Å². The zero-order valence-corrected chi connectivity index (χ0v) is 9.56. The van der Waals surface area contributed by atoms with E-state index in [2.05, 4.69) is 5.32 Å². The highest BCUT2D eigenvalue weighted by Crippen LogP contribution is 2.21. The average molecular weight is 253 g/mol. The molecule has 0 spiro atoms. The van der Waals surface area contributed by atoms with Crippen molar-refractivity contribution in [3.05, 3.63) is 39.7 Å². The third-order valence-electron chi connectivity index (χ3n) is 2.79. The first kappa shape index (κ1) is 12.4. The Bertz CT molecular complexity index is 486. The first-order chi connectivity index (χ1) is 8.59. The van der Waals surface area contributed by atoms with Crippen molar-refractivity contribution in [1.29, 1.82) is 0 Å². The van der Waals surface area contributed by atoms with Crippen LogP contribution in [0.1, 0.15) is 10.4 Å². The van der Waals surface area contributed by atoms with Crippen LogP contribution in [0, 0.1) is 15.9 Å². The Morgan fingerprint density at radius 1 is 1.39 bits per heavy atom. The minimum atomic E-state index is -0.672. The molecular formula is C11H12FN3O3. The van der Waals surface area contributed by atoms with Gasteiger partial charge in [0.25, 0.3) is 11.6 Å². The molecule has 1 aromatic carbocycles. The van der Waals surface area contributed by atoms with Crippen molar-refractivity contribution in [2.75, 3.05) is 26.2 Å². The van der Waals surface area contributed by atoms with Crippen LogP contribution in [0.5, 0.6) is 0 Å². The number of benzene rings is 1. The number of nitrogens with one attached hydrogen (secondary N) is 1. The van der Waals surface area contributed by atoms with Gasteiger partial charge in [-0.2, -0.15) is 0 Å². The molecule has 0 aromatic heterocycles. The Kier molecular flexibility index (Phi) is 3.52. The summed E-state index contributed by atoms with van der Waals surface area (Å²) in [5.41, 5.74) is -0.554. The number of hydrogen-bond donors (Lipinski definition) is 1. The summed E-state index contributed by atoms with van der Waals surface area (Å²) < 4.78 is 13.1. The average Bonchev–Trinajstić information content (AvgIpc) is 2.38.